The molecule has 2 rings (SSSR count). The molecule has 20 heavy (non-hydrogen) atoms. The van der Waals surface area contributed by atoms with Gasteiger partial charge in [-0.3, -0.25) is 0 Å². The number of hydrogen-bond donors (Lipinski definition) is 3. The van der Waals surface area contributed by atoms with E-state index in [1.807, 2.05) is 24.3 Å². The van der Waals surface area contributed by atoms with Gasteiger partial charge in [0.2, 0.25) is 0 Å². The standard InChI is InChI=1S/C15H24N4O/c1-11-10-19(2)7-6-14(11)18-15(20)17-13-5-3-4-12(8-13)9-16/h3-5,8,11,14H,6-7,9-10,16H2,1-2H3,(H2,17,18,20). The summed E-state index contributed by atoms with van der Waals surface area (Å²) in [6, 6.07) is 7.72. The van der Waals surface area contributed by atoms with Crippen molar-refractivity contribution in [2.45, 2.75) is 25.9 Å². The van der Waals surface area contributed by atoms with Gasteiger partial charge in [0.1, 0.15) is 0 Å². The minimum atomic E-state index is -0.138. The molecular formula is C15H24N4O. The van der Waals surface area contributed by atoms with E-state index in [1.165, 1.54) is 0 Å². The average Bonchev–Trinajstić information content (AvgIpc) is 2.42. The Kier molecular flexibility index (Phi) is 4.98. The molecule has 1 saturated heterocycles. The molecule has 0 aromatic heterocycles. The first-order valence-corrected chi connectivity index (χ1v) is 7.13. The van der Waals surface area contributed by atoms with Crippen LogP contribution in [-0.4, -0.2) is 37.1 Å². The Morgan fingerprint density at radius 3 is 3.00 bits per heavy atom. The number of carbonyl (C=O) groups excluding carboxylic acids is 1. The van der Waals surface area contributed by atoms with E-state index in [1.54, 1.807) is 0 Å². The van der Waals surface area contributed by atoms with E-state index in [2.05, 4.69) is 29.5 Å². The summed E-state index contributed by atoms with van der Waals surface area (Å²) in [7, 11) is 2.12. The second-order valence-corrected chi connectivity index (χ2v) is 5.64. The molecule has 4 N–H and O–H groups in total. The number of rotatable bonds is 3. The van der Waals surface area contributed by atoms with Gasteiger partial charge in [-0.05, 0) is 43.6 Å². The zero-order valence-corrected chi connectivity index (χ0v) is 12.2. The lowest BCUT2D eigenvalue weighted by atomic mass is 9.94. The number of nitrogens with one attached hydrogen (secondary N) is 2. The van der Waals surface area contributed by atoms with Crippen LogP contribution >= 0.6 is 0 Å². The van der Waals surface area contributed by atoms with Crippen LogP contribution in [0.4, 0.5) is 10.5 Å². The Balaban J connectivity index is 1.88. The predicted octanol–water partition coefficient (Wildman–Crippen LogP) is 1.61. The molecule has 0 saturated carbocycles. The molecule has 2 amide bonds. The zero-order chi connectivity index (χ0) is 14.5. The Morgan fingerprint density at radius 1 is 1.50 bits per heavy atom. The van der Waals surface area contributed by atoms with E-state index in [-0.39, 0.29) is 12.1 Å². The molecule has 5 heteroatoms. The fraction of sp³-hybridized carbons (Fsp3) is 0.533. The number of benzene rings is 1. The van der Waals surface area contributed by atoms with Crippen LogP contribution in [0.15, 0.2) is 24.3 Å². The van der Waals surface area contributed by atoms with Gasteiger partial charge in [0.05, 0.1) is 0 Å². The van der Waals surface area contributed by atoms with E-state index in [0.29, 0.717) is 12.5 Å². The zero-order valence-electron chi connectivity index (χ0n) is 12.2. The SMILES string of the molecule is CC1CN(C)CCC1NC(=O)Nc1cccc(CN)c1. The Bertz CT molecular complexity index is 463. The lowest BCUT2D eigenvalue weighted by molar-refractivity contribution is 0.176. The lowest BCUT2D eigenvalue weighted by Gasteiger charge is -2.35. The summed E-state index contributed by atoms with van der Waals surface area (Å²) >= 11 is 0. The third kappa shape index (κ3) is 3.95. The number of nitrogens with zero attached hydrogens (tertiary/aromatic N) is 1. The second kappa shape index (κ2) is 6.72. The maximum absolute atomic E-state index is 12.0. The quantitative estimate of drug-likeness (QED) is 0.785. The molecule has 1 aliphatic rings. The molecule has 1 aromatic carbocycles. The summed E-state index contributed by atoms with van der Waals surface area (Å²) in [5, 5.41) is 5.94. The highest BCUT2D eigenvalue weighted by Gasteiger charge is 2.25. The van der Waals surface area contributed by atoms with Gasteiger partial charge >= 0.3 is 6.03 Å². The van der Waals surface area contributed by atoms with Crippen LogP contribution in [0.25, 0.3) is 0 Å². The number of likely N-dealkylation sites (tertiary alicyclic amines) is 1. The monoisotopic (exact) mass is 276 g/mol. The molecule has 0 spiro atoms. The highest BCUT2D eigenvalue weighted by molar-refractivity contribution is 5.89. The van der Waals surface area contributed by atoms with Gasteiger partial charge in [0, 0.05) is 24.8 Å². The minimum absolute atomic E-state index is 0.138. The van der Waals surface area contributed by atoms with E-state index < -0.39 is 0 Å². The van der Waals surface area contributed by atoms with Gasteiger partial charge in [-0.2, -0.15) is 0 Å². The third-order valence-corrected chi connectivity index (χ3v) is 3.85. The molecule has 1 aromatic rings. The van der Waals surface area contributed by atoms with Gasteiger partial charge in [-0.15, -0.1) is 0 Å². The van der Waals surface area contributed by atoms with Crippen LogP contribution in [0.3, 0.4) is 0 Å². The van der Waals surface area contributed by atoms with Crippen molar-refractivity contribution in [2.24, 2.45) is 11.7 Å². The fourth-order valence-electron chi connectivity index (χ4n) is 2.68. The molecule has 0 aliphatic carbocycles. The van der Waals surface area contributed by atoms with Crippen molar-refractivity contribution < 1.29 is 4.79 Å². The summed E-state index contributed by atoms with van der Waals surface area (Å²) in [5.41, 5.74) is 7.39. The summed E-state index contributed by atoms with van der Waals surface area (Å²) in [6.45, 7) is 4.70. The topological polar surface area (TPSA) is 70.4 Å². The van der Waals surface area contributed by atoms with Crippen LogP contribution in [0.1, 0.15) is 18.9 Å². The molecule has 0 bridgehead atoms. The third-order valence-electron chi connectivity index (χ3n) is 3.85. The summed E-state index contributed by atoms with van der Waals surface area (Å²) in [6.07, 6.45) is 0.994. The average molecular weight is 276 g/mol. The molecule has 1 aliphatic heterocycles. The van der Waals surface area contributed by atoms with Crippen molar-refractivity contribution >= 4 is 11.7 Å². The van der Waals surface area contributed by atoms with Crippen molar-refractivity contribution in [1.82, 2.24) is 10.2 Å². The maximum Gasteiger partial charge on any atom is 0.319 e. The van der Waals surface area contributed by atoms with Crippen molar-refractivity contribution in [3.8, 4) is 0 Å². The van der Waals surface area contributed by atoms with Gasteiger partial charge in [-0.25, -0.2) is 4.79 Å². The lowest BCUT2D eigenvalue weighted by Crippen LogP contribution is -2.49. The molecule has 0 radical (unpaired) electrons. The number of piperidine rings is 1. The van der Waals surface area contributed by atoms with E-state index in [9.17, 15) is 4.79 Å². The van der Waals surface area contributed by atoms with Crippen LogP contribution in [0.5, 0.6) is 0 Å². The molecule has 110 valence electrons. The number of anilines is 1. The number of carbonyl (C=O) groups is 1. The number of urea groups is 1. The summed E-state index contributed by atoms with van der Waals surface area (Å²) < 4.78 is 0. The first kappa shape index (κ1) is 14.8. The van der Waals surface area contributed by atoms with Crippen molar-refractivity contribution in [1.29, 1.82) is 0 Å². The van der Waals surface area contributed by atoms with Crippen LogP contribution < -0.4 is 16.4 Å². The molecular weight excluding hydrogens is 252 g/mol. The number of amides is 2. The Labute approximate surface area is 120 Å². The number of nitrogens with two attached hydrogens (primary N) is 1. The van der Waals surface area contributed by atoms with Gasteiger partial charge in [0.25, 0.3) is 0 Å². The van der Waals surface area contributed by atoms with Gasteiger partial charge < -0.3 is 21.3 Å². The fourth-order valence-corrected chi connectivity index (χ4v) is 2.68. The normalized spacial score (nSPS) is 23.4. The first-order valence-electron chi connectivity index (χ1n) is 7.13. The second-order valence-electron chi connectivity index (χ2n) is 5.64. The Morgan fingerprint density at radius 2 is 2.30 bits per heavy atom. The molecule has 1 heterocycles. The van der Waals surface area contributed by atoms with Gasteiger partial charge in [-0.1, -0.05) is 19.1 Å². The van der Waals surface area contributed by atoms with Crippen molar-refractivity contribution in [3.63, 3.8) is 0 Å². The van der Waals surface area contributed by atoms with Gasteiger partial charge in [0.15, 0.2) is 0 Å². The maximum atomic E-state index is 12.0. The van der Waals surface area contributed by atoms with Crippen LogP contribution in [0, 0.1) is 5.92 Å². The van der Waals surface area contributed by atoms with E-state index in [0.717, 1.165) is 30.8 Å². The van der Waals surface area contributed by atoms with Crippen LogP contribution in [0.2, 0.25) is 0 Å². The van der Waals surface area contributed by atoms with E-state index >= 15 is 0 Å². The van der Waals surface area contributed by atoms with Crippen LogP contribution in [-0.2, 0) is 6.54 Å². The van der Waals surface area contributed by atoms with E-state index in [4.69, 9.17) is 5.73 Å². The Hall–Kier alpha value is -1.59. The molecule has 2 atom stereocenters. The molecule has 5 nitrogen and oxygen atoms in total. The van der Waals surface area contributed by atoms with Crippen molar-refractivity contribution in [3.05, 3.63) is 29.8 Å². The largest absolute Gasteiger partial charge is 0.335 e. The number of hydrogen-bond acceptors (Lipinski definition) is 3. The summed E-state index contributed by atoms with van der Waals surface area (Å²) in [5.74, 6) is 0.467. The summed E-state index contributed by atoms with van der Waals surface area (Å²) in [4.78, 5) is 14.3. The van der Waals surface area contributed by atoms with Crippen molar-refractivity contribution in [2.75, 3.05) is 25.5 Å². The highest BCUT2D eigenvalue weighted by Crippen LogP contribution is 2.16. The predicted molar refractivity (Wildman–Crippen MR) is 81.6 cm³/mol. The first-order chi connectivity index (χ1) is 9.58. The minimum Gasteiger partial charge on any atom is -0.335 e. The smallest absolute Gasteiger partial charge is 0.319 e. The molecule has 2 unspecified atom stereocenters. The highest BCUT2D eigenvalue weighted by atomic mass is 16.2. The molecule has 1 fully saturated rings.